The van der Waals surface area contributed by atoms with Crippen molar-refractivity contribution in [2.45, 2.75) is 57.8 Å². The van der Waals surface area contributed by atoms with Crippen LogP contribution in [0.4, 0.5) is 17.1 Å². The zero-order valence-corrected chi connectivity index (χ0v) is 27.9. The number of rotatable bonds is 1. The second kappa shape index (κ2) is 8.63. The third-order valence-electron chi connectivity index (χ3n) is 12.0. The van der Waals surface area contributed by atoms with E-state index in [1.165, 1.54) is 89.1 Å². The molecule has 0 atom stereocenters. The van der Waals surface area contributed by atoms with Crippen LogP contribution in [0.5, 0.6) is 0 Å². The summed E-state index contributed by atoms with van der Waals surface area (Å²) in [6.45, 7) is 14.3. The van der Waals surface area contributed by atoms with E-state index in [2.05, 4.69) is 172 Å². The van der Waals surface area contributed by atoms with E-state index in [4.69, 9.17) is 0 Å². The Morgan fingerprint density at radius 1 is 0.404 bits per heavy atom. The van der Waals surface area contributed by atoms with Gasteiger partial charge < -0.3 is 9.47 Å². The van der Waals surface area contributed by atoms with Crippen molar-refractivity contribution in [2.75, 3.05) is 4.90 Å². The van der Waals surface area contributed by atoms with Gasteiger partial charge in [0.2, 0.25) is 0 Å². The highest BCUT2D eigenvalue weighted by molar-refractivity contribution is 6.11. The molecule has 0 unspecified atom stereocenters. The van der Waals surface area contributed by atoms with Crippen LogP contribution >= 0.6 is 0 Å². The molecular formula is C45H38N2. The molecule has 228 valence electrons. The lowest BCUT2D eigenvalue weighted by atomic mass is 9.66. The van der Waals surface area contributed by atoms with Gasteiger partial charge in [-0.25, -0.2) is 0 Å². The van der Waals surface area contributed by atoms with Crippen molar-refractivity contribution in [1.82, 2.24) is 4.57 Å². The Morgan fingerprint density at radius 2 is 1.02 bits per heavy atom. The number of hydrogen-bond acceptors (Lipinski definition) is 1. The van der Waals surface area contributed by atoms with Crippen molar-refractivity contribution in [3.8, 4) is 16.8 Å². The lowest BCUT2D eigenvalue weighted by Crippen LogP contribution is -2.38. The Morgan fingerprint density at radius 3 is 1.83 bits per heavy atom. The minimum absolute atomic E-state index is 0.0594. The van der Waals surface area contributed by atoms with Crippen LogP contribution in [0, 0.1) is 0 Å². The van der Waals surface area contributed by atoms with E-state index in [0.29, 0.717) is 0 Å². The molecule has 3 heterocycles. The fraction of sp³-hybridized carbons (Fsp3) is 0.200. The molecule has 0 fully saturated rings. The van der Waals surface area contributed by atoms with Gasteiger partial charge in [0.1, 0.15) is 0 Å². The predicted octanol–water partition coefficient (Wildman–Crippen LogP) is 11.8. The Hall–Kier alpha value is -5.08. The first-order valence-electron chi connectivity index (χ1n) is 17.0. The van der Waals surface area contributed by atoms with Crippen LogP contribution in [0.25, 0.3) is 38.6 Å². The van der Waals surface area contributed by atoms with Gasteiger partial charge in [0.15, 0.2) is 0 Å². The van der Waals surface area contributed by atoms with Crippen LogP contribution in [0.3, 0.4) is 0 Å². The average Bonchev–Trinajstić information content (AvgIpc) is 3.52. The van der Waals surface area contributed by atoms with Crippen LogP contribution in [0.15, 0.2) is 121 Å². The molecule has 0 bridgehead atoms. The molecule has 0 spiro atoms. The molecule has 0 radical (unpaired) electrons. The third kappa shape index (κ3) is 3.21. The Bertz CT molecular complexity index is 2500. The fourth-order valence-electron chi connectivity index (χ4n) is 9.45. The summed E-state index contributed by atoms with van der Waals surface area (Å²) in [5.74, 6) is 0. The zero-order chi connectivity index (χ0) is 32.0. The number of hydrogen-bond donors (Lipinski definition) is 0. The zero-order valence-electron chi connectivity index (χ0n) is 27.9. The Balaban J connectivity index is 1.25. The molecule has 2 nitrogen and oxygen atoms in total. The minimum atomic E-state index is -0.181. The summed E-state index contributed by atoms with van der Waals surface area (Å²) >= 11 is 0. The number of para-hydroxylation sites is 3. The quantitative estimate of drug-likeness (QED) is 0.180. The summed E-state index contributed by atoms with van der Waals surface area (Å²) < 4.78 is 2.51. The topological polar surface area (TPSA) is 8.17 Å². The molecule has 47 heavy (non-hydrogen) atoms. The standard InChI is InChI=1S/C45H38N2/c1-43(2)32-16-9-7-14-28(32)30-25-31-29-15-8-11-20-38(29)46(41(31)26-36(30)43)27-22-23-40-37(24-27)45(5,6)35-19-13-18-34-42(35)47(40)39-21-12-10-17-33(39)44(34,3)4/h7-26H,1-6H3. The van der Waals surface area contributed by atoms with Crippen LogP contribution in [0.2, 0.25) is 0 Å². The summed E-state index contributed by atoms with van der Waals surface area (Å²) in [6.07, 6.45) is 0. The number of nitrogens with zero attached hydrogens (tertiary/aromatic N) is 2. The molecular weight excluding hydrogens is 569 g/mol. The van der Waals surface area contributed by atoms with Gasteiger partial charge in [0.25, 0.3) is 0 Å². The maximum atomic E-state index is 2.55. The van der Waals surface area contributed by atoms with E-state index in [-0.39, 0.29) is 16.2 Å². The van der Waals surface area contributed by atoms with E-state index < -0.39 is 0 Å². The van der Waals surface area contributed by atoms with Gasteiger partial charge in [-0.05, 0) is 87.0 Å². The number of benzene rings is 6. The summed E-state index contributed by atoms with van der Waals surface area (Å²) in [7, 11) is 0. The SMILES string of the molecule is CC1(C)c2ccccc2-c2cc3c4ccccc4n(-c4ccc5c(c4)C(C)(C)c4cccc6c4N5c4ccccc4C6(C)C)c3cc21. The largest absolute Gasteiger partial charge is 0.309 e. The number of aromatic nitrogens is 1. The maximum absolute atomic E-state index is 2.55. The lowest BCUT2D eigenvalue weighted by Gasteiger charge is -2.49. The molecule has 0 saturated carbocycles. The Kier molecular flexibility index (Phi) is 4.97. The smallest absolute Gasteiger partial charge is 0.0544 e. The van der Waals surface area contributed by atoms with E-state index in [1.54, 1.807) is 0 Å². The molecule has 3 aliphatic rings. The lowest BCUT2D eigenvalue weighted by molar-refractivity contribution is 0.597. The average molecular weight is 607 g/mol. The first-order valence-corrected chi connectivity index (χ1v) is 17.0. The molecule has 0 saturated heterocycles. The molecule has 7 aromatic rings. The van der Waals surface area contributed by atoms with Crippen LogP contribution < -0.4 is 4.90 Å². The predicted molar refractivity (Wildman–Crippen MR) is 197 cm³/mol. The Labute approximate surface area is 276 Å². The molecule has 0 N–H and O–H groups in total. The van der Waals surface area contributed by atoms with Gasteiger partial charge in [0, 0.05) is 32.7 Å². The van der Waals surface area contributed by atoms with Crippen molar-refractivity contribution in [3.63, 3.8) is 0 Å². The fourth-order valence-corrected chi connectivity index (χ4v) is 9.45. The van der Waals surface area contributed by atoms with Crippen LogP contribution in [-0.2, 0) is 16.2 Å². The second-order valence-electron chi connectivity index (χ2n) is 15.4. The molecule has 1 aromatic heterocycles. The monoisotopic (exact) mass is 606 g/mol. The third-order valence-corrected chi connectivity index (χ3v) is 12.0. The van der Waals surface area contributed by atoms with E-state index in [1.807, 2.05) is 0 Å². The van der Waals surface area contributed by atoms with Gasteiger partial charge in [-0.1, -0.05) is 120 Å². The molecule has 10 rings (SSSR count). The molecule has 6 aromatic carbocycles. The van der Waals surface area contributed by atoms with E-state index >= 15 is 0 Å². The molecule has 1 aliphatic carbocycles. The van der Waals surface area contributed by atoms with Crippen LogP contribution in [-0.4, -0.2) is 4.57 Å². The van der Waals surface area contributed by atoms with E-state index in [0.717, 1.165) is 0 Å². The summed E-state index contributed by atoms with van der Waals surface area (Å²) in [4.78, 5) is 2.55. The first kappa shape index (κ1) is 27.1. The van der Waals surface area contributed by atoms with Crippen molar-refractivity contribution >= 4 is 38.9 Å². The van der Waals surface area contributed by atoms with E-state index in [9.17, 15) is 0 Å². The molecule has 2 aliphatic heterocycles. The normalized spacial score (nSPS) is 17.2. The van der Waals surface area contributed by atoms with Gasteiger partial charge in [-0.15, -0.1) is 0 Å². The first-order chi connectivity index (χ1) is 22.6. The van der Waals surface area contributed by atoms with Crippen molar-refractivity contribution in [2.24, 2.45) is 0 Å². The second-order valence-corrected chi connectivity index (χ2v) is 15.4. The van der Waals surface area contributed by atoms with Gasteiger partial charge in [-0.2, -0.15) is 0 Å². The van der Waals surface area contributed by atoms with Crippen LogP contribution in [0.1, 0.15) is 74.9 Å². The minimum Gasteiger partial charge on any atom is -0.309 e. The van der Waals surface area contributed by atoms with Gasteiger partial charge in [-0.3, -0.25) is 0 Å². The molecule has 0 amide bonds. The maximum Gasteiger partial charge on any atom is 0.0544 e. The van der Waals surface area contributed by atoms with Crippen molar-refractivity contribution in [1.29, 1.82) is 0 Å². The summed E-state index contributed by atoms with van der Waals surface area (Å²) in [6, 6.07) is 46.0. The highest BCUT2D eigenvalue weighted by Crippen LogP contribution is 2.60. The van der Waals surface area contributed by atoms with Crippen molar-refractivity contribution < 1.29 is 0 Å². The highest BCUT2D eigenvalue weighted by atomic mass is 15.2. The van der Waals surface area contributed by atoms with Gasteiger partial charge in [0.05, 0.1) is 28.1 Å². The van der Waals surface area contributed by atoms with Gasteiger partial charge >= 0.3 is 0 Å². The van der Waals surface area contributed by atoms with Crippen molar-refractivity contribution in [3.05, 3.63) is 155 Å². The molecule has 2 heteroatoms. The highest BCUT2D eigenvalue weighted by Gasteiger charge is 2.45. The number of fused-ring (bicyclic) bond motifs is 10. The summed E-state index contributed by atoms with van der Waals surface area (Å²) in [5.41, 5.74) is 18.4. The number of anilines is 3. The summed E-state index contributed by atoms with van der Waals surface area (Å²) in [5, 5.41) is 2.61.